The second kappa shape index (κ2) is 10.0. The molecule has 1 unspecified atom stereocenters. The molecule has 6 heteroatoms. The third-order valence-corrected chi connectivity index (χ3v) is 4.05. The fourth-order valence-corrected chi connectivity index (χ4v) is 2.81. The number of likely N-dealkylation sites (N-methyl/N-ethyl adjacent to an activating group) is 1. The van der Waals surface area contributed by atoms with Crippen molar-refractivity contribution in [2.75, 3.05) is 19.6 Å². The monoisotopic (exact) mass is 319 g/mol. The van der Waals surface area contributed by atoms with Crippen LogP contribution in [0.2, 0.25) is 0 Å². The molecule has 124 valence electrons. The third kappa shape index (κ3) is 5.83. The van der Waals surface area contributed by atoms with Crippen molar-refractivity contribution in [2.45, 2.75) is 59.0 Å². The topological polar surface area (TPSA) is 61.4 Å². The van der Waals surface area contributed by atoms with Crippen LogP contribution in [0.4, 0.5) is 0 Å². The van der Waals surface area contributed by atoms with Gasteiger partial charge in [-0.1, -0.05) is 20.8 Å². The van der Waals surface area contributed by atoms with Crippen molar-refractivity contribution in [1.29, 1.82) is 0 Å². The fourth-order valence-electron chi connectivity index (χ4n) is 2.81. The number of rotatable bonds is 8. The van der Waals surface area contributed by atoms with Crippen molar-refractivity contribution in [2.24, 2.45) is 5.92 Å². The lowest BCUT2D eigenvalue weighted by Crippen LogP contribution is -2.42. The number of nitrogens with one attached hydrogen (secondary N) is 2. The maximum absolute atomic E-state index is 12.1. The Hall–Kier alpha value is -0.810. The molecule has 1 saturated heterocycles. The molecule has 1 heterocycles. The predicted octanol–water partition coefficient (Wildman–Crippen LogP) is 1.56. The van der Waals surface area contributed by atoms with Crippen LogP contribution >= 0.6 is 12.4 Å². The SMILES string of the molecule is CCN[C@H](C)CNC(=O)C1CC(=O)N(C(CC)CC)C1.Cl. The molecule has 0 aromatic heterocycles. The van der Waals surface area contributed by atoms with Crippen molar-refractivity contribution in [3.8, 4) is 0 Å². The van der Waals surface area contributed by atoms with Crippen LogP contribution in [-0.4, -0.2) is 48.4 Å². The molecule has 2 amide bonds. The van der Waals surface area contributed by atoms with Crippen LogP contribution in [-0.2, 0) is 9.59 Å². The highest BCUT2D eigenvalue weighted by Crippen LogP contribution is 2.23. The largest absolute Gasteiger partial charge is 0.354 e. The average molecular weight is 320 g/mol. The molecule has 1 rings (SSSR count). The Balaban J connectivity index is 0.00000400. The van der Waals surface area contributed by atoms with E-state index in [9.17, 15) is 9.59 Å². The molecule has 0 aromatic carbocycles. The molecule has 1 aliphatic heterocycles. The normalized spacial score (nSPS) is 19.6. The summed E-state index contributed by atoms with van der Waals surface area (Å²) >= 11 is 0. The number of amides is 2. The molecule has 21 heavy (non-hydrogen) atoms. The van der Waals surface area contributed by atoms with Gasteiger partial charge in [-0.25, -0.2) is 0 Å². The number of carbonyl (C=O) groups is 2. The van der Waals surface area contributed by atoms with Gasteiger partial charge in [0.05, 0.1) is 5.92 Å². The first-order valence-electron chi connectivity index (χ1n) is 7.83. The van der Waals surface area contributed by atoms with Crippen LogP contribution < -0.4 is 10.6 Å². The number of likely N-dealkylation sites (tertiary alicyclic amines) is 1. The average Bonchev–Trinajstić information content (AvgIpc) is 2.80. The van der Waals surface area contributed by atoms with Gasteiger partial charge < -0.3 is 15.5 Å². The van der Waals surface area contributed by atoms with Crippen molar-refractivity contribution in [1.82, 2.24) is 15.5 Å². The Kier molecular flexibility index (Phi) is 9.62. The van der Waals surface area contributed by atoms with Gasteiger partial charge in [-0.2, -0.15) is 0 Å². The maximum Gasteiger partial charge on any atom is 0.225 e. The Labute approximate surface area is 134 Å². The molecular weight excluding hydrogens is 290 g/mol. The Morgan fingerprint density at radius 1 is 1.33 bits per heavy atom. The van der Waals surface area contributed by atoms with Crippen LogP contribution in [0.3, 0.4) is 0 Å². The zero-order valence-electron chi connectivity index (χ0n) is 13.6. The summed E-state index contributed by atoms with van der Waals surface area (Å²) in [5, 5.41) is 6.20. The summed E-state index contributed by atoms with van der Waals surface area (Å²) in [5.74, 6) is -0.0490. The second-order valence-corrected chi connectivity index (χ2v) is 5.62. The molecule has 0 aromatic rings. The highest BCUT2D eigenvalue weighted by molar-refractivity contribution is 5.89. The van der Waals surface area contributed by atoms with E-state index in [1.807, 2.05) is 18.7 Å². The molecule has 0 spiro atoms. The lowest BCUT2D eigenvalue weighted by Gasteiger charge is -2.26. The van der Waals surface area contributed by atoms with E-state index in [2.05, 4.69) is 24.5 Å². The summed E-state index contributed by atoms with van der Waals surface area (Å²) < 4.78 is 0. The van der Waals surface area contributed by atoms with Crippen LogP contribution in [0.5, 0.6) is 0 Å². The van der Waals surface area contributed by atoms with Gasteiger partial charge in [-0.15, -0.1) is 12.4 Å². The van der Waals surface area contributed by atoms with E-state index >= 15 is 0 Å². The van der Waals surface area contributed by atoms with E-state index in [0.29, 0.717) is 19.5 Å². The predicted molar refractivity (Wildman–Crippen MR) is 87.6 cm³/mol. The Bertz CT molecular complexity index is 335. The van der Waals surface area contributed by atoms with Crippen molar-refractivity contribution in [3.05, 3.63) is 0 Å². The van der Waals surface area contributed by atoms with E-state index in [0.717, 1.165) is 19.4 Å². The third-order valence-electron chi connectivity index (χ3n) is 4.05. The first kappa shape index (κ1) is 20.2. The maximum atomic E-state index is 12.1. The van der Waals surface area contributed by atoms with Gasteiger partial charge in [0.15, 0.2) is 0 Å². The molecule has 5 nitrogen and oxygen atoms in total. The van der Waals surface area contributed by atoms with Gasteiger partial charge in [0.2, 0.25) is 11.8 Å². The Morgan fingerprint density at radius 3 is 2.48 bits per heavy atom. The lowest BCUT2D eigenvalue weighted by atomic mass is 10.1. The summed E-state index contributed by atoms with van der Waals surface area (Å²) in [6.07, 6.45) is 2.26. The standard InChI is InChI=1S/C15H29N3O2.ClH/c1-5-13(6-2)18-10-12(8-14(18)19)15(20)17-9-11(4)16-7-3;/h11-13,16H,5-10H2,1-4H3,(H,17,20);1H/t11-,12?;/m1./s1. The van der Waals surface area contributed by atoms with E-state index < -0.39 is 0 Å². The summed E-state index contributed by atoms with van der Waals surface area (Å²) in [7, 11) is 0. The van der Waals surface area contributed by atoms with Gasteiger partial charge in [-0.3, -0.25) is 9.59 Å². The first-order chi connectivity index (χ1) is 9.53. The van der Waals surface area contributed by atoms with Gasteiger partial charge in [0.1, 0.15) is 0 Å². The smallest absolute Gasteiger partial charge is 0.225 e. The highest BCUT2D eigenvalue weighted by atomic mass is 35.5. The molecular formula is C15H30ClN3O2. The Morgan fingerprint density at radius 2 is 1.95 bits per heavy atom. The number of hydrogen-bond donors (Lipinski definition) is 2. The summed E-state index contributed by atoms with van der Waals surface area (Å²) in [6, 6.07) is 0.539. The molecule has 0 bridgehead atoms. The van der Waals surface area contributed by atoms with Crippen molar-refractivity contribution in [3.63, 3.8) is 0 Å². The van der Waals surface area contributed by atoms with E-state index in [1.54, 1.807) is 0 Å². The van der Waals surface area contributed by atoms with Crippen molar-refractivity contribution < 1.29 is 9.59 Å². The summed E-state index contributed by atoms with van der Waals surface area (Å²) in [6.45, 7) is 10.3. The first-order valence-corrected chi connectivity index (χ1v) is 7.83. The molecule has 2 N–H and O–H groups in total. The minimum Gasteiger partial charge on any atom is -0.354 e. The highest BCUT2D eigenvalue weighted by Gasteiger charge is 2.36. The quantitative estimate of drug-likeness (QED) is 0.714. The minimum absolute atomic E-state index is 0. The molecule has 0 aliphatic carbocycles. The number of nitrogens with zero attached hydrogens (tertiary/aromatic N) is 1. The van der Waals surface area contributed by atoms with Crippen LogP contribution in [0.1, 0.15) is 47.0 Å². The van der Waals surface area contributed by atoms with Crippen molar-refractivity contribution >= 4 is 24.2 Å². The van der Waals surface area contributed by atoms with Crippen LogP contribution in [0, 0.1) is 5.92 Å². The fraction of sp³-hybridized carbons (Fsp3) is 0.867. The lowest BCUT2D eigenvalue weighted by molar-refractivity contribution is -0.130. The van der Waals surface area contributed by atoms with Gasteiger partial charge in [0.25, 0.3) is 0 Å². The molecule has 0 radical (unpaired) electrons. The van der Waals surface area contributed by atoms with Crippen LogP contribution in [0.15, 0.2) is 0 Å². The number of carbonyl (C=O) groups excluding carboxylic acids is 2. The number of hydrogen-bond acceptors (Lipinski definition) is 3. The molecule has 2 atom stereocenters. The molecule has 1 fully saturated rings. The van der Waals surface area contributed by atoms with E-state index in [1.165, 1.54) is 0 Å². The molecule has 0 saturated carbocycles. The zero-order valence-corrected chi connectivity index (χ0v) is 14.5. The second-order valence-electron chi connectivity index (χ2n) is 5.62. The van der Waals surface area contributed by atoms with E-state index in [4.69, 9.17) is 0 Å². The van der Waals surface area contributed by atoms with Gasteiger partial charge in [-0.05, 0) is 26.3 Å². The summed E-state index contributed by atoms with van der Waals surface area (Å²) in [5.41, 5.74) is 0. The molecule has 1 aliphatic rings. The minimum atomic E-state index is -0.183. The number of halogens is 1. The summed E-state index contributed by atoms with van der Waals surface area (Å²) in [4.78, 5) is 26.0. The van der Waals surface area contributed by atoms with Crippen LogP contribution in [0.25, 0.3) is 0 Å². The van der Waals surface area contributed by atoms with Gasteiger partial charge in [0, 0.05) is 31.6 Å². The van der Waals surface area contributed by atoms with Gasteiger partial charge >= 0.3 is 0 Å². The zero-order chi connectivity index (χ0) is 15.1. The van der Waals surface area contributed by atoms with E-state index in [-0.39, 0.29) is 42.2 Å².